The van der Waals surface area contributed by atoms with Crippen molar-refractivity contribution in [3.05, 3.63) is 108 Å². The first kappa shape index (κ1) is 23.1. The predicted octanol–water partition coefficient (Wildman–Crippen LogP) is 5.29. The van der Waals surface area contributed by atoms with Gasteiger partial charge in [0.25, 0.3) is 8.32 Å². The topological polar surface area (TPSA) is 29.5 Å². The molecule has 0 fully saturated rings. The minimum absolute atomic E-state index is 0.0113. The summed E-state index contributed by atoms with van der Waals surface area (Å²) in [6.45, 7) is 6.45. The van der Waals surface area contributed by atoms with Gasteiger partial charge < -0.3 is 9.53 Å². The van der Waals surface area contributed by atoms with E-state index in [1.807, 2.05) is 36.4 Å². The third kappa shape index (κ3) is 5.01. The predicted molar refractivity (Wildman–Crippen MR) is 124 cm³/mol. The number of benzene rings is 3. The highest BCUT2D eigenvalue weighted by atomic mass is 28.4. The van der Waals surface area contributed by atoms with Crippen molar-refractivity contribution in [2.75, 3.05) is 6.61 Å². The van der Waals surface area contributed by atoms with E-state index >= 15 is 0 Å². The maximum absolute atomic E-state index is 14.7. The SMILES string of the molecule is CC(C)(C)[Si](OC/C=C(/F)C(O)c1ccc(F)cc1)(c1ccccc1)c1ccccc1. The quantitative estimate of drug-likeness (QED) is 0.508. The molecule has 2 nitrogen and oxygen atoms in total. The van der Waals surface area contributed by atoms with Crippen LogP contribution in [0.25, 0.3) is 0 Å². The molecular formula is C26H28F2O2Si. The molecule has 0 aliphatic rings. The molecule has 1 unspecified atom stereocenters. The third-order valence-corrected chi connectivity index (χ3v) is 10.4. The van der Waals surface area contributed by atoms with Gasteiger partial charge in [-0.05, 0) is 39.2 Å². The lowest BCUT2D eigenvalue weighted by Crippen LogP contribution is -2.66. The van der Waals surface area contributed by atoms with E-state index in [1.54, 1.807) is 0 Å². The Morgan fingerprint density at radius 3 is 1.84 bits per heavy atom. The Morgan fingerprint density at radius 1 is 0.903 bits per heavy atom. The van der Waals surface area contributed by atoms with Crippen molar-refractivity contribution in [2.45, 2.75) is 31.9 Å². The summed E-state index contributed by atoms with van der Waals surface area (Å²) in [6, 6.07) is 25.3. The van der Waals surface area contributed by atoms with Crippen LogP contribution in [0, 0.1) is 5.82 Å². The van der Waals surface area contributed by atoms with Crippen molar-refractivity contribution >= 4 is 18.7 Å². The maximum atomic E-state index is 14.7. The lowest BCUT2D eigenvalue weighted by Gasteiger charge is -2.42. The zero-order valence-electron chi connectivity index (χ0n) is 18.1. The summed E-state index contributed by atoms with van der Waals surface area (Å²) in [6.07, 6.45) is -0.184. The minimum atomic E-state index is -2.78. The molecule has 0 aliphatic heterocycles. The Balaban J connectivity index is 1.94. The van der Waals surface area contributed by atoms with Crippen LogP contribution >= 0.6 is 0 Å². The highest BCUT2D eigenvalue weighted by Gasteiger charge is 2.49. The molecule has 0 spiro atoms. The number of halogens is 2. The molecule has 1 N–H and O–H groups in total. The van der Waals surface area contributed by atoms with Crippen LogP contribution in [0.1, 0.15) is 32.4 Å². The molecule has 0 radical (unpaired) electrons. The molecule has 3 aromatic carbocycles. The second-order valence-corrected chi connectivity index (χ2v) is 12.8. The van der Waals surface area contributed by atoms with Crippen LogP contribution in [0.5, 0.6) is 0 Å². The molecule has 31 heavy (non-hydrogen) atoms. The molecule has 162 valence electrons. The molecule has 3 aromatic rings. The van der Waals surface area contributed by atoms with Gasteiger partial charge in [-0.2, -0.15) is 0 Å². The molecule has 0 aliphatic carbocycles. The standard InChI is InChI=1S/C26H28F2O2Si/c1-26(2,3)31(22-10-6-4-7-11-22,23-12-8-5-9-13-23)30-19-18-24(28)25(29)20-14-16-21(27)17-15-20/h4-18,25,29H,19H2,1-3H3/b24-18+. The molecule has 0 saturated heterocycles. The Kier molecular flexibility index (Phi) is 7.21. The van der Waals surface area contributed by atoms with Crippen molar-refractivity contribution in [3.8, 4) is 0 Å². The van der Waals surface area contributed by atoms with Gasteiger partial charge in [-0.15, -0.1) is 0 Å². The van der Waals surface area contributed by atoms with Crippen LogP contribution in [0.15, 0.2) is 96.8 Å². The van der Waals surface area contributed by atoms with E-state index in [9.17, 15) is 13.9 Å². The average Bonchev–Trinajstić information content (AvgIpc) is 2.77. The van der Waals surface area contributed by atoms with Gasteiger partial charge in [0.05, 0.1) is 6.61 Å². The summed E-state index contributed by atoms with van der Waals surface area (Å²) in [5.41, 5.74) is 0.292. The largest absolute Gasteiger partial charge is 0.404 e. The second-order valence-electron chi connectivity index (χ2n) is 8.52. The van der Waals surface area contributed by atoms with Gasteiger partial charge in [0.15, 0.2) is 0 Å². The van der Waals surface area contributed by atoms with E-state index in [0.717, 1.165) is 10.4 Å². The van der Waals surface area contributed by atoms with Crippen LogP contribution in [-0.4, -0.2) is 20.0 Å². The molecule has 0 saturated carbocycles. The third-order valence-electron chi connectivity index (χ3n) is 5.44. The molecule has 0 bridgehead atoms. The smallest absolute Gasteiger partial charge is 0.261 e. The Bertz CT molecular complexity index is 958. The normalized spacial score (nSPS) is 13.8. The first-order chi connectivity index (χ1) is 14.8. The van der Waals surface area contributed by atoms with Gasteiger partial charge in [0.1, 0.15) is 17.7 Å². The lowest BCUT2D eigenvalue weighted by atomic mass is 10.1. The molecule has 0 aromatic heterocycles. The lowest BCUT2D eigenvalue weighted by molar-refractivity contribution is 0.183. The number of hydrogen-bond donors (Lipinski definition) is 1. The van der Waals surface area contributed by atoms with Gasteiger partial charge in [-0.25, -0.2) is 8.78 Å². The number of hydrogen-bond acceptors (Lipinski definition) is 2. The van der Waals surface area contributed by atoms with Crippen molar-refractivity contribution in [1.29, 1.82) is 0 Å². The summed E-state index contributed by atoms with van der Waals surface area (Å²) in [5, 5.41) is 12.3. The van der Waals surface area contributed by atoms with Crippen LogP contribution in [0.4, 0.5) is 8.78 Å². The summed E-state index contributed by atoms with van der Waals surface area (Å²) >= 11 is 0. The number of rotatable bonds is 7. The van der Waals surface area contributed by atoms with Gasteiger partial charge in [0, 0.05) is 0 Å². The first-order valence-electron chi connectivity index (χ1n) is 10.3. The van der Waals surface area contributed by atoms with E-state index in [0.29, 0.717) is 5.56 Å². The van der Waals surface area contributed by atoms with Crippen molar-refractivity contribution in [3.63, 3.8) is 0 Å². The summed E-state index contributed by atoms with van der Waals surface area (Å²) < 4.78 is 34.4. The highest BCUT2D eigenvalue weighted by molar-refractivity contribution is 6.99. The molecular weight excluding hydrogens is 410 g/mol. The zero-order valence-corrected chi connectivity index (χ0v) is 19.1. The van der Waals surface area contributed by atoms with Crippen molar-refractivity contribution in [1.82, 2.24) is 0 Å². The van der Waals surface area contributed by atoms with Crippen LogP contribution in [0.2, 0.25) is 5.04 Å². The minimum Gasteiger partial charge on any atom is -0.404 e. The fourth-order valence-electron chi connectivity index (χ4n) is 3.92. The highest BCUT2D eigenvalue weighted by Crippen LogP contribution is 2.37. The monoisotopic (exact) mass is 438 g/mol. The van der Waals surface area contributed by atoms with E-state index in [2.05, 4.69) is 45.0 Å². The van der Waals surface area contributed by atoms with Crippen LogP contribution < -0.4 is 10.4 Å². The first-order valence-corrected chi connectivity index (χ1v) is 12.2. The average molecular weight is 439 g/mol. The Labute approximate surface area is 184 Å². The van der Waals surface area contributed by atoms with Crippen molar-refractivity contribution in [2.24, 2.45) is 0 Å². The van der Waals surface area contributed by atoms with E-state index in [4.69, 9.17) is 4.43 Å². The van der Waals surface area contributed by atoms with Crippen molar-refractivity contribution < 1.29 is 18.3 Å². The molecule has 5 heteroatoms. The molecule has 1 atom stereocenters. The maximum Gasteiger partial charge on any atom is 0.261 e. The fraction of sp³-hybridized carbons (Fsp3) is 0.231. The van der Waals surface area contributed by atoms with E-state index < -0.39 is 26.1 Å². The zero-order chi connectivity index (χ0) is 22.5. The van der Waals surface area contributed by atoms with Gasteiger partial charge in [0.2, 0.25) is 0 Å². The Morgan fingerprint density at radius 2 is 1.39 bits per heavy atom. The summed E-state index contributed by atoms with van der Waals surface area (Å²) in [7, 11) is -2.78. The van der Waals surface area contributed by atoms with Crippen LogP contribution in [0.3, 0.4) is 0 Å². The number of aliphatic hydroxyl groups excluding tert-OH is 1. The van der Waals surface area contributed by atoms with E-state index in [1.165, 1.54) is 30.3 Å². The molecule has 0 amide bonds. The van der Waals surface area contributed by atoms with Gasteiger partial charge in [-0.3, -0.25) is 0 Å². The summed E-state index contributed by atoms with van der Waals surface area (Å²) in [4.78, 5) is 0. The second kappa shape index (κ2) is 9.69. The summed E-state index contributed by atoms with van der Waals surface area (Å²) in [5.74, 6) is -1.15. The molecule has 0 heterocycles. The van der Waals surface area contributed by atoms with Gasteiger partial charge >= 0.3 is 0 Å². The van der Waals surface area contributed by atoms with E-state index in [-0.39, 0.29) is 11.6 Å². The van der Waals surface area contributed by atoms with Gasteiger partial charge in [-0.1, -0.05) is 93.6 Å². The number of aliphatic hydroxyl groups is 1. The molecule has 3 rings (SSSR count). The fourth-order valence-corrected chi connectivity index (χ4v) is 8.41. The van der Waals surface area contributed by atoms with Crippen LogP contribution in [-0.2, 0) is 4.43 Å². The Hall–Kier alpha value is -2.60.